The molecule has 0 amide bonds. The van der Waals surface area contributed by atoms with Gasteiger partial charge >= 0.3 is 0 Å². The fourth-order valence-electron chi connectivity index (χ4n) is 1.99. The van der Waals surface area contributed by atoms with Gasteiger partial charge in [0.15, 0.2) is 0 Å². The maximum atomic E-state index is 5.69. The standard InChI is InChI=1S/C17H21N/c1-17(2,3)15-8-4-13(5-9-15)12-14-6-10-16(18)11-7-14/h4-11H,12,18H2,1-3H3. The van der Waals surface area contributed by atoms with Crippen LogP contribution >= 0.6 is 0 Å². The van der Waals surface area contributed by atoms with Gasteiger partial charge in [-0.1, -0.05) is 57.2 Å². The first-order valence-electron chi connectivity index (χ1n) is 6.39. The van der Waals surface area contributed by atoms with Crippen molar-refractivity contribution in [1.29, 1.82) is 0 Å². The van der Waals surface area contributed by atoms with Crippen molar-refractivity contribution in [3.05, 3.63) is 65.2 Å². The molecule has 94 valence electrons. The van der Waals surface area contributed by atoms with Gasteiger partial charge in [-0.15, -0.1) is 0 Å². The van der Waals surface area contributed by atoms with Gasteiger partial charge in [0.1, 0.15) is 0 Å². The van der Waals surface area contributed by atoms with Crippen LogP contribution in [0, 0.1) is 0 Å². The molecule has 0 aliphatic rings. The van der Waals surface area contributed by atoms with E-state index >= 15 is 0 Å². The summed E-state index contributed by atoms with van der Waals surface area (Å²) in [6, 6.07) is 17.0. The second kappa shape index (κ2) is 4.85. The van der Waals surface area contributed by atoms with Gasteiger partial charge in [-0.3, -0.25) is 0 Å². The van der Waals surface area contributed by atoms with E-state index in [1.165, 1.54) is 16.7 Å². The Morgan fingerprint density at radius 3 is 1.67 bits per heavy atom. The normalized spacial score (nSPS) is 11.5. The summed E-state index contributed by atoms with van der Waals surface area (Å²) in [5.74, 6) is 0. The predicted octanol–water partition coefficient (Wildman–Crippen LogP) is 4.16. The molecule has 2 aromatic rings. The maximum Gasteiger partial charge on any atom is 0.0314 e. The highest BCUT2D eigenvalue weighted by Crippen LogP contribution is 2.23. The Morgan fingerprint density at radius 2 is 1.22 bits per heavy atom. The van der Waals surface area contributed by atoms with E-state index in [4.69, 9.17) is 5.73 Å². The van der Waals surface area contributed by atoms with Crippen LogP contribution < -0.4 is 5.73 Å². The highest BCUT2D eigenvalue weighted by molar-refractivity contribution is 5.41. The molecule has 0 radical (unpaired) electrons. The Labute approximate surface area is 110 Å². The van der Waals surface area contributed by atoms with Crippen LogP contribution in [0.4, 0.5) is 5.69 Å². The summed E-state index contributed by atoms with van der Waals surface area (Å²) in [6.07, 6.45) is 0.963. The van der Waals surface area contributed by atoms with Gasteiger partial charge in [-0.05, 0) is 40.7 Å². The van der Waals surface area contributed by atoms with Gasteiger partial charge in [0.2, 0.25) is 0 Å². The molecule has 2 N–H and O–H groups in total. The van der Waals surface area contributed by atoms with Crippen LogP contribution in [0.15, 0.2) is 48.5 Å². The topological polar surface area (TPSA) is 26.0 Å². The molecule has 1 heteroatoms. The first-order valence-corrected chi connectivity index (χ1v) is 6.39. The molecule has 0 atom stereocenters. The third-order valence-corrected chi connectivity index (χ3v) is 3.21. The Balaban J connectivity index is 2.13. The molecule has 0 aromatic heterocycles. The lowest BCUT2D eigenvalue weighted by atomic mass is 9.86. The van der Waals surface area contributed by atoms with E-state index < -0.39 is 0 Å². The molecule has 0 aliphatic heterocycles. The van der Waals surface area contributed by atoms with Crippen LogP contribution in [0.3, 0.4) is 0 Å². The van der Waals surface area contributed by atoms with Crippen LogP contribution in [0.25, 0.3) is 0 Å². The molecular formula is C17H21N. The first-order chi connectivity index (χ1) is 8.45. The number of nitrogen functional groups attached to an aromatic ring is 1. The maximum absolute atomic E-state index is 5.69. The zero-order valence-electron chi connectivity index (χ0n) is 11.4. The molecule has 0 unspecified atom stereocenters. The summed E-state index contributed by atoms with van der Waals surface area (Å²) in [7, 11) is 0. The third-order valence-electron chi connectivity index (χ3n) is 3.21. The van der Waals surface area contributed by atoms with E-state index in [0.29, 0.717) is 0 Å². The zero-order valence-corrected chi connectivity index (χ0v) is 11.4. The van der Waals surface area contributed by atoms with Gasteiger partial charge in [0, 0.05) is 5.69 Å². The summed E-state index contributed by atoms with van der Waals surface area (Å²) in [5.41, 5.74) is 10.7. The Morgan fingerprint density at radius 1 is 0.778 bits per heavy atom. The summed E-state index contributed by atoms with van der Waals surface area (Å²) < 4.78 is 0. The van der Waals surface area contributed by atoms with Crippen molar-refractivity contribution in [3.8, 4) is 0 Å². The number of hydrogen-bond donors (Lipinski definition) is 1. The fraction of sp³-hybridized carbons (Fsp3) is 0.294. The Hall–Kier alpha value is -1.76. The molecule has 2 aromatic carbocycles. The Bertz CT molecular complexity index is 501. The molecule has 0 heterocycles. The van der Waals surface area contributed by atoms with Crippen LogP contribution in [0.5, 0.6) is 0 Å². The summed E-state index contributed by atoms with van der Waals surface area (Å²) in [4.78, 5) is 0. The number of anilines is 1. The van der Waals surface area contributed by atoms with E-state index in [0.717, 1.165) is 12.1 Å². The van der Waals surface area contributed by atoms with Gasteiger partial charge < -0.3 is 5.73 Å². The van der Waals surface area contributed by atoms with Crippen molar-refractivity contribution in [2.45, 2.75) is 32.6 Å². The van der Waals surface area contributed by atoms with E-state index in [2.05, 4.69) is 57.2 Å². The van der Waals surface area contributed by atoms with Crippen LogP contribution in [-0.2, 0) is 11.8 Å². The molecule has 0 saturated carbocycles. The minimum atomic E-state index is 0.222. The molecule has 0 spiro atoms. The smallest absolute Gasteiger partial charge is 0.0314 e. The fourth-order valence-corrected chi connectivity index (χ4v) is 1.99. The van der Waals surface area contributed by atoms with Crippen molar-refractivity contribution >= 4 is 5.69 Å². The van der Waals surface area contributed by atoms with Crippen molar-refractivity contribution in [3.63, 3.8) is 0 Å². The summed E-state index contributed by atoms with van der Waals surface area (Å²) in [6.45, 7) is 6.71. The van der Waals surface area contributed by atoms with Crippen molar-refractivity contribution < 1.29 is 0 Å². The lowest BCUT2D eigenvalue weighted by Gasteiger charge is -2.19. The quantitative estimate of drug-likeness (QED) is 0.782. The number of hydrogen-bond acceptors (Lipinski definition) is 1. The lowest BCUT2D eigenvalue weighted by molar-refractivity contribution is 0.590. The number of nitrogens with two attached hydrogens (primary N) is 1. The van der Waals surface area contributed by atoms with E-state index in [9.17, 15) is 0 Å². The summed E-state index contributed by atoms with van der Waals surface area (Å²) >= 11 is 0. The second-order valence-electron chi connectivity index (χ2n) is 5.87. The van der Waals surface area contributed by atoms with E-state index in [1.807, 2.05) is 12.1 Å². The van der Waals surface area contributed by atoms with Crippen LogP contribution in [0.2, 0.25) is 0 Å². The minimum Gasteiger partial charge on any atom is -0.399 e. The average molecular weight is 239 g/mol. The van der Waals surface area contributed by atoms with Crippen molar-refractivity contribution in [2.24, 2.45) is 0 Å². The third kappa shape index (κ3) is 3.13. The highest BCUT2D eigenvalue weighted by atomic mass is 14.5. The Kier molecular flexibility index (Phi) is 3.42. The largest absolute Gasteiger partial charge is 0.399 e. The summed E-state index contributed by atoms with van der Waals surface area (Å²) in [5, 5.41) is 0. The van der Waals surface area contributed by atoms with E-state index in [-0.39, 0.29) is 5.41 Å². The van der Waals surface area contributed by atoms with Crippen molar-refractivity contribution in [2.75, 3.05) is 5.73 Å². The molecule has 0 saturated heterocycles. The van der Waals surface area contributed by atoms with Crippen molar-refractivity contribution in [1.82, 2.24) is 0 Å². The second-order valence-corrected chi connectivity index (χ2v) is 5.87. The van der Waals surface area contributed by atoms with Gasteiger partial charge in [-0.2, -0.15) is 0 Å². The predicted molar refractivity (Wildman–Crippen MR) is 78.8 cm³/mol. The molecule has 0 fully saturated rings. The monoisotopic (exact) mass is 239 g/mol. The molecule has 0 bridgehead atoms. The number of rotatable bonds is 2. The zero-order chi connectivity index (χ0) is 13.2. The highest BCUT2D eigenvalue weighted by Gasteiger charge is 2.12. The van der Waals surface area contributed by atoms with Gasteiger partial charge in [0.05, 0.1) is 0 Å². The number of benzene rings is 2. The lowest BCUT2D eigenvalue weighted by Crippen LogP contribution is -2.10. The molecular weight excluding hydrogens is 218 g/mol. The minimum absolute atomic E-state index is 0.222. The molecule has 2 rings (SSSR count). The molecule has 18 heavy (non-hydrogen) atoms. The van der Waals surface area contributed by atoms with Crippen LogP contribution in [-0.4, -0.2) is 0 Å². The van der Waals surface area contributed by atoms with Gasteiger partial charge in [0.25, 0.3) is 0 Å². The van der Waals surface area contributed by atoms with E-state index in [1.54, 1.807) is 0 Å². The molecule has 1 nitrogen and oxygen atoms in total. The molecule has 0 aliphatic carbocycles. The van der Waals surface area contributed by atoms with Crippen LogP contribution in [0.1, 0.15) is 37.5 Å². The average Bonchev–Trinajstić information content (AvgIpc) is 2.32. The SMILES string of the molecule is CC(C)(C)c1ccc(Cc2ccc(N)cc2)cc1. The first kappa shape index (κ1) is 12.7. The van der Waals surface area contributed by atoms with Gasteiger partial charge in [-0.25, -0.2) is 0 Å².